The molecular formula is C6H9NO. The Morgan fingerprint density at radius 1 is 1.50 bits per heavy atom. The molecule has 0 bridgehead atoms. The zero-order valence-corrected chi connectivity index (χ0v) is 4.76. The van der Waals surface area contributed by atoms with Gasteiger partial charge in [-0.25, -0.2) is 6.57 Å². The molecule has 1 unspecified atom stereocenters. The first kappa shape index (κ1) is 5.58. The van der Waals surface area contributed by atoms with Crippen LogP contribution in [0.1, 0.15) is 19.3 Å². The van der Waals surface area contributed by atoms with Crippen molar-refractivity contribution in [2.45, 2.75) is 25.5 Å². The first-order chi connectivity index (χ1) is 3.93. The molecule has 0 aliphatic carbocycles. The summed E-state index contributed by atoms with van der Waals surface area (Å²) in [6, 6.07) is 0. The molecule has 1 aliphatic rings. The molecule has 1 fully saturated rings. The van der Waals surface area contributed by atoms with Gasteiger partial charge in [0.1, 0.15) is 0 Å². The molecule has 1 saturated heterocycles. The van der Waals surface area contributed by atoms with E-state index in [1.165, 1.54) is 0 Å². The quantitative estimate of drug-likeness (QED) is 0.431. The second-order valence-corrected chi connectivity index (χ2v) is 1.95. The van der Waals surface area contributed by atoms with Crippen LogP contribution in [-0.2, 0) is 4.74 Å². The zero-order valence-electron chi connectivity index (χ0n) is 4.76. The van der Waals surface area contributed by atoms with Crippen molar-refractivity contribution in [3.63, 3.8) is 0 Å². The third-order valence-electron chi connectivity index (χ3n) is 1.30. The second kappa shape index (κ2) is 2.68. The van der Waals surface area contributed by atoms with Gasteiger partial charge in [-0.2, -0.15) is 0 Å². The molecule has 44 valence electrons. The van der Waals surface area contributed by atoms with Gasteiger partial charge in [0.2, 0.25) is 0 Å². The highest BCUT2D eigenvalue weighted by Crippen LogP contribution is 2.12. The van der Waals surface area contributed by atoms with E-state index in [0.29, 0.717) is 0 Å². The predicted octanol–water partition coefficient (Wildman–Crippen LogP) is 1.43. The molecule has 2 nitrogen and oxygen atoms in total. The van der Waals surface area contributed by atoms with Crippen LogP contribution >= 0.6 is 0 Å². The maximum Gasteiger partial charge on any atom is 0.327 e. The largest absolute Gasteiger partial charge is 0.327 e. The fraction of sp³-hybridized carbons (Fsp3) is 0.833. The van der Waals surface area contributed by atoms with E-state index < -0.39 is 0 Å². The monoisotopic (exact) mass is 111 g/mol. The molecule has 0 saturated carbocycles. The van der Waals surface area contributed by atoms with Crippen LogP contribution in [0.4, 0.5) is 0 Å². The van der Waals surface area contributed by atoms with Gasteiger partial charge in [-0.15, -0.1) is 0 Å². The minimum absolute atomic E-state index is 0.122. The van der Waals surface area contributed by atoms with Crippen molar-refractivity contribution >= 4 is 0 Å². The number of hydrogen-bond donors (Lipinski definition) is 0. The van der Waals surface area contributed by atoms with Crippen LogP contribution in [-0.4, -0.2) is 12.8 Å². The van der Waals surface area contributed by atoms with E-state index in [1.54, 1.807) is 0 Å². The number of ether oxygens (including phenoxy) is 1. The van der Waals surface area contributed by atoms with Crippen LogP contribution in [0, 0.1) is 6.57 Å². The summed E-state index contributed by atoms with van der Waals surface area (Å²) in [6.07, 6.45) is 3.10. The van der Waals surface area contributed by atoms with Crippen LogP contribution in [0.5, 0.6) is 0 Å². The van der Waals surface area contributed by atoms with E-state index in [0.717, 1.165) is 25.9 Å². The summed E-state index contributed by atoms with van der Waals surface area (Å²) >= 11 is 0. The Labute approximate surface area is 49.3 Å². The van der Waals surface area contributed by atoms with Gasteiger partial charge in [0, 0.05) is 0 Å². The van der Waals surface area contributed by atoms with E-state index >= 15 is 0 Å². The average molecular weight is 111 g/mol. The van der Waals surface area contributed by atoms with Crippen LogP contribution in [0.25, 0.3) is 4.85 Å². The van der Waals surface area contributed by atoms with Gasteiger partial charge in [0.25, 0.3) is 0 Å². The molecule has 0 radical (unpaired) electrons. The molecule has 8 heavy (non-hydrogen) atoms. The number of hydrogen-bond acceptors (Lipinski definition) is 1. The Morgan fingerprint density at radius 3 is 2.75 bits per heavy atom. The highest BCUT2D eigenvalue weighted by molar-refractivity contribution is 4.71. The molecule has 0 aromatic heterocycles. The SMILES string of the molecule is [C-]#[N+]C1CCCCO1. The average Bonchev–Trinajstić information content (AvgIpc) is 1.90. The molecule has 0 N–H and O–H groups in total. The van der Waals surface area contributed by atoms with Gasteiger partial charge in [-0.1, -0.05) is 0 Å². The molecule has 0 spiro atoms. The summed E-state index contributed by atoms with van der Waals surface area (Å²) < 4.78 is 5.07. The Kier molecular flexibility index (Phi) is 1.87. The van der Waals surface area contributed by atoms with E-state index in [1.807, 2.05) is 0 Å². The number of rotatable bonds is 0. The van der Waals surface area contributed by atoms with Gasteiger partial charge < -0.3 is 4.74 Å². The lowest BCUT2D eigenvalue weighted by atomic mass is 10.2. The normalized spacial score (nSPS) is 29.1. The summed E-state index contributed by atoms with van der Waals surface area (Å²) in [5.41, 5.74) is 0. The van der Waals surface area contributed by atoms with E-state index in [9.17, 15) is 0 Å². The fourth-order valence-electron chi connectivity index (χ4n) is 0.826. The molecule has 2 heteroatoms. The lowest BCUT2D eigenvalue weighted by Gasteiger charge is -2.11. The summed E-state index contributed by atoms with van der Waals surface area (Å²) in [5.74, 6) is 0. The lowest BCUT2D eigenvalue weighted by molar-refractivity contribution is 0.0450. The molecule has 1 rings (SSSR count). The van der Waals surface area contributed by atoms with Gasteiger partial charge >= 0.3 is 6.23 Å². The van der Waals surface area contributed by atoms with Crippen LogP contribution in [0.15, 0.2) is 0 Å². The fourth-order valence-corrected chi connectivity index (χ4v) is 0.826. The maximum absolute atomic E-state index is 6.60. The predicted molar refractivity (Wildman–Crippen MR) is 30.2 cm³/mol. The lowest BCUT2D eigenvalue weighted by Crippen LogP contribution is -2.14. The van der Waals surface area contributed by atoms with Crippen LogP contribution < -0.4 is 0 Å². The molecule has 1 heterocycles. The summed E-state index contributed by atoms with van der Waals surface area (Å²) in [7, 11) is 0. The topological polar surface area (TPSA) is 13.6 Å². The Bertz CT molecular complexity index is 99.6. The molecule has 1 atom stereocenters. The van der Waals surface area contributed by atoms with Crippen molar-refractivity contribution in [2.75, 3.05) is 6.61 Å². The molecule has 0 amide bonds. The van der Waals surface area contributed by atoms with Crippen molar-refractivity contribution in [1.82, 2.24) is 0 Å². The smallest absolute Gasteiger partial charge is 0.310 e. The van der Waals surface area contributed by atoms with Gasteiger partial charge in [-0.3, -0.25) is 4.85 Å². The van der Waals surface area contributed by atoms with Crippen LogP contribution in [0.3, 0.4) is 0 Å². The van der Waals surface area contributed by atoms with Crippen molar-refractivity contribution in [3.8, 4) is 0 Å². The highest BCUT2D eigenvalue weighted by atomic mass is 16.5. The third-order valence-corrected chi connectivity index (χ3v) is 1.30. The first-order valence-corrected chi connectivity index (χ1v) is 2.91. The summed E-state index contributed by atoms with van der Waals surface area (Å²) in [4.78, 5) is 3.28. The van der Waals surface area contributed by atoms with Gasteiger partial charge in [0.15, 0.2) is 0 Å². The summed E-state index contributed by atoms with van der Waals surface area (Å²) in [5, 5.41) is 0. The van der Waals surface area contributed by atoms with E-state index in [-0.39, 0.29) is 6.23 Å². The first-order valence-electron chi connectivity index (χ1n) is 2.91. The number of nitrogens with zero attached hydrogens (tertiary/aromatic N) is 1. The maximum atomic E-state index is 6.60. The third kappa shape index (κ3) is 1.21. The highest BCUT2D eigenvalue weighted by Gasteiger charge is 2.15. The molecule has 0 aromatic rings. The minimum Gasteiger partial charge on any atom is -0.310 e. The van der Waals surface area contributed by atoms with Crippen molar-refractivity contribution in [3.05, 3.63) is 11.4 Å². The van der Waals surface area contributed by atoms with E-state index in [2.05, 4.69) is 4.85 Å². The van der Waals surface area contributed by atoms with E-state index in [4.69, 9.17) is 11.3 Å². The standard InChI is InChI=1S/C6H9NO/c1-7-6-4-2-3-5-8-6/h6H,2-5H2. The molecule has 0 aromatic carbocycles. The second-order valence-electron chi connectivity index (χ2n) is 1.95. The summed E-state index contributed by atoms with van der Waals surface area (Å²) in [6.45, 7) is 7.38. The van der Waals surface area contributed by atoms with Crippen molar-refractivity contribution < 1.29 is 4.74 Å². The van der Waals surface area contributed by atoms with Crippen molar-refractivity contribution in [1.29, 1.82) is 0 Å². The van der Waals surface area contributed by atoms with Crippen LogP contribution in [0.2, 0.25) is 0 Å². The molecular weight excluding hydrogens is 102 g/mol. The van der Waals surface area contributed by atoms with Gasteiger partial charge in [-0.05, 0) is 12.8 Å². The van der Waals surface area contributed by atoms with Crippen molar-refractivity contribution in [2.24, 2.45) is 0 Å². The minimum atomic E-state index is -0.122. The zero-order chi connectivity index (χ0) is 5.82. The van der Waals surface area contributed by atoms with Gasteiger partial charge in [0.05, 0.1) is 13.0 Å². The Hall–Kier alpha value is -0.550. The Balaban J connectivity index is 2.25. The molecule has 1 aliphatic heterocycles. The Morgan fingerprint density at radius 2 is 2.38 bits per heavy atom.